The van der Waals surface area contributed by atoms with Crippen molar-refractivity contribution in [2.75, 3.05) is 7.05 Å². The van der Waals surface area contributed by atoms with Crippen molar-refractivity contribution in [2.24, 2.45) is 0 Å². The molecule has 0 bridgehead atoms. The predicted molar refractivity (Wildman–Crippen MR) is 155 cm³/mol. The highest BCUT2D eigenvalue weighted by Gasteiger charge is 2.34. The second kappa shape index (κ2) is 10.4. The number of alkyl halides is 6. The maximum absolute atomic E-state index is 13.5. The lowest BCUT2D eigenvalue weighted by molar-refractivity contribution is -0.138. The van der Waals surface area contributed by atoms with E-state index in [1.165, 1.54) is 16.8 Å². The molecule has 0 saturated carbocycles. The molecule has 1 aliphatic carbocycles. The first kappa shape index (κ1) is 27.6. The molecule has 0 spiro atoms. The van der Waals surface area contributed by atoms with Crippen LogP contribution in [0.3, 0.4) is 0 Å². The topological polar surface area (TPSA) is 3.24 Å². The first-order valence-corrected chi connectivity index (χ1v) is 13.4. The Morgan fingerprint density at radius 2 is 1.43 bits per heavy atom. The number of benzene rings is 4. The first-order valence-electron chi connectivity index (χ1n) is 13.4. The van der Waals surface area contributed by atoms with Crippen LogP contribution >= 0.6 is 0 Å². The molecule has 0 radical (unpaired) electrons. The number of fused-ring (bicyclic) bond motifs is 2. The van der Waals surface area contributed by atoms with Crippen LogP contribution in [0.4, 0.5) is 26.3 Å². The van der Waals surface area contributed by atoms with Gasteiger partial charge in [-0.3, -0.25) is 0 Å². The Bertz CT molecular complexity index is 1780. The highest BCUT2D eigenvalue weighted by Crippen LogP contribution is 2.38. The monoisotopic (exact) mass is 573 g/mol. The van der Waals surface area contributed by atoms with Crippen LogP contribution in [0.25, 0.3) is 33.0 Å². The second-order valence-corrected chi connectivity index (χ2v) is 10.6. The van der Waals surface area contributed by atoms with Gasteiger partial charge in [-0.25, -0.2) is 0 Å². The average Bonchev–Trinajstić information content (AvgIpc) is 2.95. The van der Waals surface area contributed by atoms with Gasteiger partial charge in [0.2, 0.25) is 0 Å². The minimum Gasteiger partial charge on any atom is -0.369 e. The van der Waals surface area contributed by atoms with Crippen LogP contribution in [-0.2, 0) is 12.6 Å². The Morgan fingerprint density at radius 3 is 2.17 bits per heavy atom. The summed E-state index contributed by atoms with van der Waals surface area (Å²) < 4.78 is 79.7. The van der Waals surface area contributed by atoms with Crippen LogP contribution in [0, 0.1) is 0 Å². The van der Waals surface area contributed by atoms with Gasteiger partial charge in [-0.2, -0.15) is 26.3 Å². The fourth-order valence-electron chi connectivity index (χ4n) is 5.63. The zero-order valence-corrected chi connectivity index (χ0v) is 22.5. The van der Waals surface area contributed by atoms with Crippen LogP contribution in [0.1, 0.15) is 22.3 Å². The van der Waals surface area contributed by atoms with E-state index in [4.69, 9.17) is 0 Å². The van der Waals surface area contributed by atoms with Gasteiger partial charge in [0.1, 0.15) is 0 Å². The van der Waals surface area contributed by atoms with E-state index in [1.807, 2.05) is 48.5 Å². The Morgan fingerprint density at radius 1 is 0.714 bits per heavy atom. The van der Waals surface area contributed by atoms with Crippen molar-refractivity contribution in [3.63, 3.8) is 0 Å². The van der Waals surface area contributed by atoms with Gasteiger partial charge in [0.15, 0.2) is 0 Å². The summed E-state index contributed by atoms with van der Waals surface area (Å²) in [4.78, 5) is 1.96. The van der Waals surface area contributed by atoms with Gasteiger partial charge in [0, 0.05) is 13.2 Å². The summed E-state index contributed by atoms with van der Waals surface area (Å²) in [6.45, 7) is 0. The highest BCUT2D eigenvalue weighted by molar-refractivity contribution is 5.97. The lowest BCUT2D eigenvalue weighted by atomic mass is 9.87. The number of rotatable bonds is 4. The number of allylic oxidation sites excluding steroid dienone is 4. The van der Waals surface area contributed by atoms with Crippen LogP contribution in [0.15, 0.2) is 121 Å². The van der Waals surface area contributed by atoms with Gasteiger partial charge in [-0.15, -0.1) is 0 Å². The van der Waals surface area contributed by atoms with E-state index in [0.717, 1.165) is 33.9 Å². The van der Waals surface area contributed by atoms with Crippen LogP contribution in [0.2, 0.25) is 0 Å². The molecule has 42 heavy (non-hydrogen) atoms. The SMILES string of the molecule is CN1C=C(c2ccc(-c3cccc4ccccc34)cc2)C=C2C=CC(c3cc(CC(F)(F)F)cc(C(F)(F)F)c3)=CC21. The number of nitrogens with zero attached hydrogens (tertiary/aromatic N) is 1. The standard InChI is InChI=1S/C35H25F6N/c1-42-21-29(23-9-11-25(12-10-23)32-8-4-6-24-5-2-3-7-31(24)32)17-27-14-13-26(19-33(27)42)28-15-22(20-34(36,37)38)16-30(18-28)35(39,40)41/h2-19,21,33H,20H2,1H3. The molecule has 1 aliphatic heterocycles. The van der Waals surface area contributed by atoms with Crippen LogP contribution < -0.4 is 0 Å². The van der Waals surface area contributed by atoms with E-state index >= 15 is 0 Å². The molecule has 0 saturated heterocycles. The summed E-state index contributed by atoms with van der Waals surface area (Å²) in [7, 11) is 1.87. The molecule has 212 valence electrons. The molecule has 0 fully saturated rings. The summed E-state index contributed by atoms with van der Waals surface area (Å²) in [6.07, 6.45) is -1.55. The lowest BCUT2D eigenvalue weighted by Crippen LogP contribution is -2.30. The lowest BCUT2D eigenvalue weighted by Gasteiger charge is -2.33. The zero-order valence-electron chi connectivity index (χ0n) is 22.5. The Hall–Kier alpha value is -4.52. The van der Waals surface area contributed by atoms with E-state index in [2.05, 4.69) is 48.5 Å². The van der Waals surface area contributed by atoms with E-state index in [9.17, 15) is 26.3 Å². The van der Waals surface area contributed by atoms with Gasteiger partial charge in [-0.1, -0.05) is 84.9 Å². The third-order valence-corrected chi connectivity index (χ3v) is 7.61. The summed E-state index contributed by atoms with van der Waals surface area (Å²) in [5.41, 5.74) is 4.18. The fraction of sp³-hybridized carbons (Fsp3) is 0.143. The number of hydrogen-bond donors (Lipinski definition) is 0. The predicted octanol–water partition coefficient (Wildman–Crippen LogP) is 9.87. The number of hydrogen-bond acceptors (Lipinski definition) is 1. The first-order chi connectivity index (χ1) is 19.9. The van der Waals surface area contributed by atoms with E-state index in [1.54, 1.807) is 12.2 Å². The molecule has 6 rings (SSSR count). The van der Waals surface area contributed by atoms with Crippen molar-refractivity contribution in [3.8, 4) is 11.1 Å². The van der Waals surface area contributed by atoms with Crippen LogP contribution in [0.5, 0.6) is 0 Å². The molecule has 1 atom stereocenters. The molecule has 4 aromatic rings. The minimum absolute atomic E-state index is 0.103. The van der Waals surface area contributed by atoms with Gasteiger partial charge in [-0.05, 0) is 79.6 Å². The van der Waals surface area contributed by atoms with E-state index in [-0.39, 0.29) is 11.6 Å². The molecule has 1 unspecified atom stereocenters. The van der Waals surface area contributed by atoms with Crippen molar-refractivity contribution in [3.05, 3.63) is 143 Å². The van der Waals surface area contributed by atoms with Crippen LogP contribution in [-0.4, -0.2) is 24.2 Å². The molecule has 0 aromatic heterocycles. The molecule has 0 N–H and O–H groups in total. The molecule has 4 aromatic carbocycles. The van der Waals surface area contributed by atoms with E-state index in [0.29, 0.717) is 11.6 Å². The molecular weight excluding hydrogens is 548 g/mol. The van der Waals surface area contributed by atoms with Crippen molar-refractivity contribution in [2.45, 2.75) is 24.8 Å². The average molecular weight is 574 g/mol. The number of halogens is 6. The minimum atomic E-state index is -4.76. The Kier molecular flexibility index (Phi) is 6.84. The summed E-state index contributed by atoms with van der Waals surface area (Å²) in [5.74, 6) is 0. The maximum Gasteiger partial charge on any atom is 0.416 e. The highest BCUT2D eigenvalue weighted by atomic mass is 19.4. The van der Waals surface area contributed by atoms with Gasteiger partial charge in [0.25, 0.3) is 0 Å². The van der Waals surface area contributed by atoms with Crippen molar-refractivity contribution < 1.29 is 26.3 Å². The Labute approximate surface area is 239 Å². The number of likely N-dealkylation sites (N-methyl/N-ethyl adjacent to an activating group) is 1. The van der Waals surface area contributed by atoms with Gasteiger partial charge in [0.05, 0.1) is 18.0 Å². The van der Waals surface area contributed by atoms with Crippen molar-refractivity contribution >= 4 is 21.9 Å². The summed E-state index contributed by atoms with van der Waals surface area (Å²) >= 11 is 0. The normalized spacial score (nSPS) is 17.1. The zero-order chi connectivity index (χ0) is 29.6. The van der Waals surface area contributed by atoms with Gasteiger partial charge >= 0.3 is 12.4 Å². The largest absolute Gasteiger partial charge is 0.416 e. The van der Waals surface area contributed by atoms with Crippen molar-refractivity contribution in [1.29, 1.82) is 0 Å². The summed E-state index contributed by atoms with van der Waals surface area (Å²) in [5, 5.41) is 2.35. The Balaban J connectivity index is 1.28. The van der Waals surface area contributed by atoms with E-state index < -0.39 is 29.9 Å². The molecule has 2 aliphatic rings. The maximum atomic E-state index is 13.5. The molecule has 7 heteroatoms. The fourth-order valence-corrected chi connectivity index (χ4v) is 5.63. The molecular formula is C35H25F6N. The molecule has 0 amide bonds. The third-order valence-electron chi connectivity index (χ3n) is 7.61. The molecule has 1 heterocycles. The molecule has 1 nitrogen and oxygen atoms in total. The quantitative estimate of drug-likeness (QED) is 0.220. The summed E-state index contributed by atoms with van der Waals surface area (Å²) in [6, 6.07) is 25.2. The third kappa shape index (κ3) is 5.64. The smallest absolute Gasteiger partial charge is 0.369 e. The van der Waals surface area contributed by atoms with Gasteiger partial charge < -0.3 is 4.90 Å². The second-order valence-electron chi connectivity index (χ2n) is 10.6. The van der Waals surface area contributed by atoms with Crippen molar-refractivity contribution in [1.82, 2.24) is 4.90 Å².